The number of hydrogen-bond donors (Lipinski definition) is 1. The number of sulfone groups is 1. The van der Waals surface area contributed by atoms with Crippen LogP contribution in [0.4, 0.5) is 5.82 Å². The summed E-state index contributed by atoms with van der Waals surface area (Å²) in [5, 5.41) is 0. The molecule has 0 bridgehead atoms. The Balaban J connectivity index is 1.48. The number of rotatable bonds is 7. The van der Waals surface area contributed by atoms with Crippen LogP contribution in [0.2, 0.25) is 0 Å². The van der Waals surface area contributed by atoms with Crippen molar-refractivity contribution in [1.82, 2.24) is 9.97 Å². The van der Waals surface area contributed by atoms with E-state index in [0.29, 0.717) is 11.3 Å². The van der Waals surface area contributed by atoms with E-state index in [0.717, 1.165) is 11.1 Å². The second-order valence-electron chi connectivity index (χ2n) is 7.70. The number of nitrogens with zero attached hydrogens (tertiary/aromatic N) is 2. The van der Waals surface area contributed by atoms with E-state index in [9.17, 15) is 18.0 Å². The molecular formula is C23H21N3O5S. The fourth-order valence-electron chi connectivity index (χ4n) is 3.35. The monoisotopic (exact) mass is 451 g/mol. The van der Waals surface area contributed by atoms with Gasteiger partial charge in [-0.1, -0.05) is 42.0 Å². The molecule has 1 aliphatic rings. The summed E-state index contributed by atoms with van der Waals surface area (Å²) in [6.07, 6.45) is 1.03. The van der Waals surface area contributed by atoms with E-state index in [1.165, 1.54) is 18.3 Å². The van der Waals surface area contributed by atoms with E-state index in [1.807, 2.05) is 31.2 Å². The number of benzene rings is 2. The molecule has 1 atom stereocenters. The highest BCUT2D eigenvalue weighted by Gasteiger charge is 2.33. The topological polar surface area (TPSA) is 129 Å². The molecule has 4 rings (SSSR count). The molecule has 0 amide bonds. The number of nitrogens with two attached hydrogens (primary N) is 1. The minimum absolute atomic E-state index is 0.00318. The molecule has 3 aromatic rings. The first-order valence-electron chi connectivity index (χ1n) is 9.95. The van der Waals surface area contributed by atoms with Crippen molar-refractivity contribution in [3.63, 3.8) is 0 Å². The number of esters is 1. The maximum Gasteiger partial charge on any atom is 0.309 e. The smallest absolute Gasteiger partial charge is 0.309 e. The third-order valence-electron chi connectivity index (χ3n) is 5.16. The standard InChI is InChI=1S/C23H21N3O5S/c1-14-2-6-16(7-3-14)19-12-25-23(24)22(26-19)20(27)10-15-4-8-18(9-5-15)32(29,30)13-17-11-21(28)31-17/h2-9,12,17H,10-11,13H2,1H3,(H2,24,25). The normalized spacial score (nSPS) is 15.7. The number of nitrogen functional groups attached to an aromatic ring is 1. The molecule has 0 radical (unpaired) electrons. The summed E-state index contributed by atoms with van der Waals surface area (Å²) >= 11 is 0. The lowest BCUT2D eigenvalue weighted by atomic mass is 10.1. The van der Waals surface area contributed by atoms with Crippen molar-refractivity contribution < 1.29 is 22.7 Å². The maximum atomic E-state index is 12.8. The summed E-state index contributed by atoms with van der Waals surface area (Å²) in [6, 6.07) is 13.7. The highest BCUT2D eigenvalue weighted by Crippen LogP contribution is 2.22. The van der Waals surface area contributed by atoms with Crippen molar-refractivity contribution in [1.29, 1.82) is 0 Å². The SMILES string of the molecule is Cc1ccc(-c2cnc(N)c(C(=O)Cc3ccc(S(=O)(=O)CC4CC(=O)O4)cc3)n2)cc1. The third kappa shape index (κ3) is 4.67. The Morgan fingerprint density at radius 3 is 2.41 bits per heavy atom. The number of carbonyl (C=O) groups is 2. The number of carbonyl (C=O) groups excluding carboxylic acids is 2. The van der Waals surface area contributed by atoms with Gasteiger partial charge in [-0.3, -0.25) is 9.59 Å². The molecule has 1 fully saturated rings. The van der Waals surface area contributed by atoms with Crippen LogP contribution in [0.1, 0.15) is 28.0 Å². The highest BCUT2D eigenvalue weighted by atomic mass is 32.2. The molecule has 2 aromatic carbocycles. The zero-order chi connectivity index (χ0) is 22.9. The zero-order valence-corrected chi connectivity index (χ0v) is 18.1. The number of aromatic nitrogens is 2. The average Bonchev–Trinajstić information content (AvgIpc) is 2.74. The van der Waals surface area contributed by atoms with E-state index in [4.69, 9.17) is 10.5 Å². The number of Topliss-reactive ketones (excluding diaryl/α,β-unsaturated/α-hetero) is 1. The lowest BCUT2D eigenvalue weighted by Gasteiger charge is -2.25. The molecule has 2 N–H and O–H groups in total. The van der Waals surface area contributed by atoms with Crippen LogP contribution >= 0.6 is 0 Å². The number of hydrogen-bond acceptors (Lipinski definition) is 8. The molecular weight excluding hydrogens is 430 g/mol. The van der Waals surface area contributed by atoms with E-state index in [-0.39, 0.29) is 40.8 Å². The molecule has 8 nitrogen and oxygen atoms in total. The first-order valence-corrected chi connectivity index (χ1v) is 11.6. The molecule has 0 aliphatic carbocycles. The Morgan fingerprint density at radius 1 is 1.12 bits per heavy atom. The summed E-state index contributed by atoms with van der Waals surface area (Å²) in [5.74, 6) is -0.927. The first-order chi connectivity index (χ1) is 15.2. The first kappa shape index (κ1) is 21.6. The number of cyclic esters (lactones) is 1. The van der Waals surface area contributed by atoms with Crippen molar-refractivity contribution in [2.75, 3.05) is 11.5 Å². The van der Waals surface area contributed by atoms with Gasteiger partial charge in [0.2, 0.25) is 0 Å². The summed E-state index contributed by atoms with van der Waals surface area (Å²) in [6.45, 7) is 1.98. The molecule has 0 saturated carbocycles. The van der Waals surface area contributed by atoms with Gasteiger partial charge in [0.1, 0.15) is 11.8 Å². The van der Waals surface area contributed by atoms with Gasteiger partial charge in [0, 0.05) is 12.0 Å². The summed E-state index contributed by atoms with van der Waals surface area (Å²) in [4.78, 5) is 32.3. The quantitative estimate of drug-likeness (QED) is 0.429. The van der Waals surface area contributed by atoms with Crippen LogP contribution in [-0.4, -0.2) is 42.0 Å². The Hall–Kier alpha value is -3.59. The van der Waals surface area contributed by atoms with Gasteiger partial charge in [-0.05, 0) is 24.6 Å². The second-order valence-corrected chi connectivity index (χ2v) is 9.73. The zero-order valence-electron chi connectivity index (χ0n) is 17.3. The molecule has 1 saturated heterocycles. The highest BCUT2D eigenvalue weighted by molar-refractivity contribution is 7.91. The van der Waals surface area contributed by atoms with Crippen molar-refractivity contribution in [3.05, 3.63) is 71.5 Å². The summed E-state index contributed by atoms with van der Waals surface area (Å²) in [5.41, 5.74) is 9.05. The Morgan fingerprint density at radius 2 is 1.78 bits per heavy atom. The van der Waals surface area contributed by atoms with E-state index < -0.39 is 21.9 Å². The maximum absolute atomic E-state index is 12.8. The van der Waals surface area contributed by atoms with Gasteiger partial charge in [0.15, 0.2) is 21.4 Å². The lowest BCUT2D eigenvalue weighted by molar-refractivity contribution is -0.166. The van der Waals surface area contributed by atoms with Crippen molar-refractivity contribution in [2.24, 2.45) is 0 Å². The molecule has 1 aromatic heterocycles. The average molecular weight is 452 g/mol. The molecule has 0 spiro atoms. The summed E-state index contributed by atoms with van der Waals surface area (Å²) in [7, 11) is -3.59. The third-order valence-corrected chi connectivity index (χ3v) is 6.96. The van der Waals surface area contributed by atoms with Gasteiger partial charge < -0.3 is 10.5 Å². The number of ketones is 1. The number of anilines is 1. The molecule has 9 heteroatoms. The van der Waals surface area contributed by atoms with Crippen LogP contribution in [0.15, 0.2) is 59.6 Å². The van der Waals surface area contributed by atoms with Crippen LogP contribution < -0.4 is 5.73 Å². The van der Waals surface area contributed by atoms with Gasteiger partial charge in [-0.15, -0.1) is 0 Å². The van der Waals surface area contributed by atoms with E-state index >= 15 is 0 Å². The predicted octanol–water partition coefficient (Wildman–Crippen LogP) is 2.55. The van der Waals surface area contributed by atoms with Crippen LogP contribution in [0.3, 0.4) is 0 Å². The van der Waals surface area contributed by atoms with Crippen LogP contribution in [0.25, 0.3) is 11.3 Å². The number of aryl methyl sites for hydroxylation is 1. The predicted molar refractivity (Wildman–Crippen MR) is 118 cm³/mol. The molecule has 164 valence electrons. The second kappa shape index (κ2) is 8.51. The number of ether oxygens (including phenoxy) is 1. The van der Waals surface area contributed by atoms with E-state index in [1.54, 1.807) is 12.1 Å². The fraction of sp³-hybridized carbons (Fsp3) is 0.217. The molecule has 1 aliphatic heterocycles. The largest absolute Gasteiger partial charge is 0.461 e. The van der Waals surface area contributed by atoms with Crippen LogP contribution in [0.5, 0.6) is 0 Å². The fourth-order valence-corrected chi connectivity index (χ4v) is 4.77. The lowest BCUT2D eigenvalue weighted by Crippen LogP contribution is -2.38. The molecule has 32 heavy (non-hydrogen) atoms. The Kier molecular flexibility index (Phi) is 5.75. The van der Waals surface area contributed by atoms with Crippen molar-refractivity contribution in [2.45, 2.75) is 30.8 Å². The van der Waals surface area contributed by atoms with Gasteiger partial charge >= 0.3 is 5.97 Å². The van der Waals surface area contributed by atoms with E-state index in [2.05, 4.69) is 9.97 Å². The van der Waals surface area contributed by atoms with Crippen LogP contribution in [-0.2, 0) is 25.8 Å². The molecule has 1 unspecified atom stereocenters. The minimum Gasteiger partial charge on any atom is -0.461 e. The Bertz CT molecular complexity index is 1280. The minimum atomic E-state index is -3.59. The Labute approximate surface area is 185 Å². The van der Waals surface area contributed by atoms with Crippen molar-refractivity contribution in [3.8, 4) is 11.3 Å². The van der Waals surface area contributed by atoms with Crippen LogP contribution in [0, 0.1) is 6.92 Å². The molecule has 2 heterocycles. The van der Waals surface area contributed by atoms with Gasteiger partial charge in [-0.25, -0.2) is 18.4 Å². The van der Waals surface area contributed by atoms with Gasteiger partial charge in [-0.2, -0.15) is 0 Å². The van der Waals surface area contributed by atoms with Gasteiger partial charge in [0.05, 0.1) is 29.0 Å². The summed E-state index contributed by atoms with van der Waals surface area (Å²) < 4.78 is 29.7. The van der Waals surface area contributed by atoms with Crippen molar-refractivity contribution >= 4 is 27.4 Å². The van der Waals surface area contributed by atoms with Gasteiger partial charge in [0.25, 0.3) is 0 Å².